The summed E-state index contributed by atoms with van der Waals surface area (Å²) in [6, 6.07) is 15.2. The molecule has 3 rings (SSSR count). The maximum Gasteiger partial charge on any atom is 0.183 e. The van der Waals surface area contributed by atoms with Gasteiger partial charge in [0.05, 0.1) is 14.2 Å². The molecule has 0 saturated carbocycles. The molecule has 1 aromatic heterocycles. The van der Waals surface area contributed by atoms with Crippen LogP contribution in [-0.4, -0.2) is 18.8 Å². The van der Waals surface area contributed by atoms with Gasteiger partial charge in [0.2, 0.25) is 0 Å². The Morgan fingerprint density at radius 1 is 0.900 bits per heavy atom. The molecule has 4 heteroatoms. The molecule has 0 saturated heterocycles. The van der Waals surface area contributed by atoms with Gasteiger partial charge in [-0.25, -0.2) is 0 Å². The molecule has 1 unspecified atom stereocenters. The van der Waals surface area contributed by atoms with Gasteiger partial charge >= 0.3 is 0 Å². The van der Waals surface area contributed by atoms with E-state index < -0.39 is 10.8 Å². The minimum atomic E-state index is -1.18. The van der Waals surface area contributed by atoms with Crippen molar-refractivity contribution in [1.82, 2.24) is 0 Å². The Kier molecular flexibility index (Phi) is 3.34. The summed E-state index contributed by atoms with van der Waals surface area (Å²) < 4.78 is 23.8. The predicted octanol–water partition coefficient (Wildman–Crippen LogP) is 4.25. The highest BCUT2D eigenvalue weighted by atomic mass is 32.2. The van der Waals surface area contributed by atoms with Crippen LogP contribution in [0, 0.1) is 0 Å². The Hall–Kier alpha value is -2.04. The minimum absolute atomic E-state index is 0.720. The van der Waals surface area contributed by atoms with Gasteiger partial charge in [-0.2, -0.15) is 0 Å². The lowest BCUT2D eigenvalue weighted by Gasteiger charge is -2.02. The molecular weight excluding hydrogens is 272 g/mol. The van der Waals surface area contributed by atoms with E-state index in [9.17, 15) is 4.55 Å². The smallest absolute Gasteiger partial charge is 0.183 e. The van der Waals surface area contributed by atoms with Crippen molar-refractivity contribution in [3.8, 4) is 21.9 Å². The Morgan fingerprint density at radius 3 is 2.40 bits per heavy atom. The molecule has 0 aliphatic carbocycles. The van der Waals surface area contributed by atoms with Crippen molar-refractivity contribution in [2.45, 2.75) is 0 Å². The van der Waals surface area contributed by atoms with Crippen LogP contribution in [0.25, 0.3) is 20.5 Å². The van der Waals surface area contributed by atoms with Gasteiger partial charge in [0, 0.05) is 23.1 Å². The van der Waals surface area contributed by atoms with Crippen molar-refractivity contribution in [2.24, 2.45) is 0 Å². The van der Waals surface area contributed by atoms with E-state index >= 15 is 0 Å². The highest BCUT2D eigenvalue weighted by Gasteiger charge is 2.17. The maximum atomic E-state index is 12.6. The summed E-state index contributed by atoms with van der Waals surface area (Å²) >= 11 is 0. The van der Waals surface area contributed by atoms with Gasteiger partial charge in [0.15, 0.2) is 9.58 Å². The average Bonchev–Trinajstić information content (AvgIpc) is 2.84. The Balaban J connectivity index is 2.18. The molecule has 0 amide bonds. The summed E-state index contributed by atoms with van der Waals surface area (Å²) in [7, 11) is 2.05. The van der Waals surface area contributed by atoms with Crippen LogP contribution in [0.5, 0.6) is 11.5 Å². The normalized spacial score (nSPS) is 11.7. The second-order valence-corrected chi connectivity index (χ2v) is 5.83. The zero-order valence-electron chi connectivity index (χ0n) is 11.3. The van der Waals surface area contributed by atoms with E-state index in [1.54, 1.807) is 14.2 Å². The fraction of sp³-hybridized carbons (Fsp3) is 0.125. The van der Waals surface area contributed by atoms with Gasteiger partial charge in [-0.15, -0.1) is 0 Å². The van der Waals surface area contributed by atoms with Crippen molar-refractivity contribution in [2.75, 3.05) is 14.2 Å². The van der Waals surface area contributed by atoms with E-state index in [4.69, 9.17) is 9.47 Å². The lowest BCUT2D eigenvalue weighted by Crippen LogP contribution is -1.82. The van der Waals surface area contributed by atoms with Gasteiger partial charge in [-0.05, 0) is 41.1 Å². The Bertz CT molecular complexity index is 762. The van der Waals surface area contributed by atoms with Crippen LogP contribution in [0.4, 0.5) is 0 Å². The Labute approximate surface area is 120 Å². The van der Waals surface area contributed by atoms with Crippen molar-refractivity contribution < 1.29 is 14.0 Å². The molecule has 0 fully saturated rings. The van der Waals surface area contributed by atoms with Crippen LogP contribution in [0.15, 0.2) is 48.5 Å². The summed E-state index contributed by atoms with van der Waals surface area (Å²) in [4.78, 5) is 0.798. The van der Waals surface area contributed by atoms with Crippen molar-refractivity contribution in [3.05, 3.63) is 48.5 Å². The fourth-order valence-corrected chi connectivity index (χ4v) is 3.58. The van der Waals surface area contributed by atoms with E-state index in [2.05, 4.69) is 0 Å². The van der Waals surface area contributed by atoms with Crippen LogP contribution < -0.4 is 9.47 Å². The molecule has 3 aromatic rings. The third-order valence-corrected chi connectivity index (χ3v) is 4.77. The molecular formula is C16H14O3S. The third kappa shape index (κ3) is 2.13. The molecule has 2 aromatic carbocycles. The zero-order chi connectivity index (χ0) is 14.1. The molecule has 102 valence electrons. The number of ether oxygens (including phenoxy) is 2. The average molecular weight is 286 g/mol. The monoisotopic (exact) mass is 286 g/mol. The second-order valence-electron chi connectivity index (χ2n) is 4.41. The topological polar surface area (TPSA) is 41.5 Å². The van der Waals surface area contributed by atoms with Gasteiger partial charge < -0.3 is 14.0 Å². The zero-order valence-corrected chi connectivity index (χ0v) is 12.1. The molecule has 0 aliphatic heterocycles. The summed E-state index contributed by atoms with van der Waals surface area (Å²) in [5, 5.41) is 0.974. The summed E-state index contributed by atoms with van der Waals surface area (Å²) in [5.41, 5.74) is 0.915. The fourth-order valence-electron chi connectivity index (χ4n) is 2.20. The number of benzene rings is 2. The number of methoxy groups -OCH3 is 2. The molecule has 1 atom stereocenters. The maximum absolute atomic E-state index is 12.6. The number of rotatable bonds is 3. The second kappa shape index (κ2) is 5.15. The molecule has 20 heavy (non-hydrogen) atoms. The lowest BCUT2D eigenvalue weighted by molar-refractivity contribution is 0.415. The first-order valence-electron chi connectivity index (χ1n) is 6.19. The minimum Gasteiger partial charge on any atom is -0.590 e. The van der Waals surface area contributed by atoms with Crippen LogP contribution >= 0.6 is 10.8 Å². The molecule has 0 bridgehead atoms. The van der Waals surface area contributed by atoms with E-state index in [0.717, 1.165) is 32.0 Å². The number of thiophene rings is 1. The summed E-state index contributed by atoms with van der Waals surface area (Å²) in [6.07, 6.45) is 0. The van der Waals surface area contributed by atoms with E-state index in [0.29, 0.717) is 0 Å². The third-order valence-electron chi connectivity index (χ3n) is 3.26. The highest BCUT2D eigenvalue weighted by Crippen LogP contribution is 2.42. The first kappa shape index (κ1) is 13.0. The van der Waals surface area contributed by atoms with Crippen molar-refractivity contribution in [1.29, 1.82) is 0 Å². The standard InChI is InChI=1S/C16H14O3S/c1-18-13-5-3-4-11(8-13)15-9-12-6-7-14(19-2)10-16(12)20(15)17/h3-10H,1-2H3. The van der Waals surface area contributed by atoms with Crippen molar-refractivity contribution >= 4 is 20.8 Å². The lowest BCUT2D eigenvalue weighted by atomic mass is 10.1. The Morgan fingerprint density at radius 2 is 1.65 bits per heavy atom. The van der Waals surface area contributed by atoms with Crippen LogP contribution in [-0.2, 0) is 0 Å². The van der Waals surface area contributed by atoms with Gasteiger partial charge in [-0.1, -0.05) is 6.07 Å². The van der Waals surface area contributed by atoms with Crippen LogP contribution in [0.2, 0.25) is 0 Å². The van der Waals surface area contributed by atoms with Gasteiger partial charge in [0.1, 0.15) is 11.5 Å². The highest BCUT2D eigenvalue weighted by molar-refractivity contribution is 7.34. The summed E-state index contributed by atoms with van der Waals surface area (Å²) in [5.74, 6) is 1.48. The molecule has 0 aliphatic rings. The number of fused-ring (bicyclic) bond motifs is 1. The quantitative estimate of drug-likeness (QED) is 0.676. The van der Waals surface area contributed by atoms with E-state index in [1.165, 1.54) is 0 Å². The van der Waals surface area contributed by atoms with E-state index in [1.807, 2.05) is 48.5 Å². The molecule has 1 heterocycles. The van der Waals surface area contributed by atoms with Gasteiger partial charge in [-0.3, -0.25) is 0 Å². The first-order chi connectivity index (χ1) is 9.72. The molecule has 0 radical (unpaired) electrons. The van der Waals surface area contributed by atoms with Crippen molar-refractivity contribution in [3.63, 3.8) is 0 Å². The first-order valence-corrected chi connectivity index (χ1v) is 7.34. The molecule has 0 spiro atoms. The SMILES string of the molecule is COc1cccc(-c2cc3ccc(OC)cc3[s+]2[O-])c1. The number of hydrogen-bond acceptors (Lipinski definition) is 3. The van der Waals surface area contributed by atoms with E-state index in [-0.39, 0.29) is 0 Å². The van der Waals surface area contributed by atoms with Gasteiger partial charge in [0.25, 0.3) is 0 Å². The summed E-state index contributed by atoms with van der Waals surface area (Å²) in [6.45, 7) is 0. The van der Waals surface area contributed by atoms with Crippen LogP contribution in [0.3, 0.4) is 0 Å². The predicted molar refractivity (Wildman–Crippen MR) is 81.1 cm³/mol. The number of hydrogen-bond donors (Lipinski definition) is 0. The largest absolute Gasteiger partial charge is 0.590 e. The van der Waals surface area contributed by atoms with Crippen LogP contribution in [0.1, 0.15) is 0 Å². The molecule has 3 nitrogen and oxygen atoms in total. The molecule has 0 N–H and O–H groups in total.